The molecule has 2 amide bonds. The van der Waals surface area contributed by atoms with E-state index in [1.807, 2.05) is 11.0 Å². The molecule has 0 saturated carbocycles. The van der Waals surface area contributed by atoms with Crippen molar-refractivity contribution < 1.29 is 14.3 Å². The first-order chi connectivity index (χ1) is 15.6. The predicted molar refractivity (Wildman–Crippen MR) is 131 cm³/mol. The number of ether oxygens (including phenoxy) is 1. The standard InChI is InChI=1S/C25H31N3O3S/c1-2-3-4-9-18-31-22-11-6-5-10-21(22)23(29)27-25(32)26-20-14-12-19(13-15-20)24(30)28-16-7-8-17-28/h5-6,10-15H,2-4,7-9,16-18H2,1H3,(H2,26,27,29,32). The lowest BCUT2D eigenvalue weighted by molar-refractivity contribution is 0.0792. The third-order valence-electron chi connectivity index (χ3n) is 5.40. The van der Waals surface area contributed by atoms with Crippen LogP contribution in [0.5, 0.6) is 5.75 Å². The molecule has 3 rings (SSSR count). The van der Waals surface area contributed by atoms with Crippen molar-refractivity contribution in [1.82, 2.24) is 10.2 Å². The van der Waals surface area contributed by atoms with E-state index in [0.717, 1.165) is 38.8 Å². The van der Waals surface area contributed by atoms with Crippen molar-refractivity contribution in [2.75, 3.05) is 25.0 Å². The molecular weight excluding hydrogens is 422 g/mol. The molecular formula is C25H31N3O3S. The zero-order valence-electron chi connectivity index (χ0n) is 18.6. The van der Waals surface area contributed by atoms with Gasteiger partial charge in [-0.05, 0) is 67.9 Å². The Hall–Kier alpha value is -2.93. The number of thiocarbonyl (C=S) groups is 1. The van der Waals surface area contributed by atoms with Crippen molar-refractivity contribution in [2.45, 2.75) is 45.4 Å². The molecule has 0 bridgehead atoms. The van der Waals surface area contributed by atoms with E-state index in [1.54, 1.807) is 42.5 Å². The maximum Gasteiger partial charge on any atom is 0.261 e. The number of benzene rings is 2. The number of rotatable bonds is 9. The average Bonchev–Trinajstić information content (AvgIpc) is 3.34. The summed E-state index contributed by atoms with van der Waals surface area (Å²) in [6.07, 6.45) is 6.54. The van der Waals surface area contributed by atoms with Gasteiger partial charge in [-0.3, -0.25) is 14.9 Å². The van der Waals surface area contributed by atoms with E-state index < -0.39 is 0 Å². The van der Waals surface area contributed by atoms with E-state index in [2.05, 4.69) is 17.6 Å². The first-order valence-electron chi connectivity index (χ1n) is 11.3. The van der Waals surface area contributed by atoms with Gasteiger partial charge >= 0.3 is 0 Å². The van der Waals surface area contributed by atoms with Crippen molar-refractivity contribution in [2.24, 2.45) is 0 Å². The maximum absolute atomic E-state index is 12.7. The number of nitrogens with zero attached hydrogens (tertiary/aromatic N) is 1. The fourth-order valence-corrected chi connectivity index (χ4v) is 3.83. The molecule has 2 aromatic rings. The zero-order chi connectivity index (χ0) is 22.8. The Kier molecular flexibility index (Phi) is 9.04. The van der Waals surface area contributed by atoms with Crippen LogP contribution in [0, 0.1) is 0 Å². The number of amides is 2. The largest absolute Gasteiger partial charge is 0.493 e. The number of nitrogens with one attached hydrogen (secondary N) is 2. The summed E-state index contributed by atoms with van der Waals surface area (Å²) in [4.78, 5) is 27.0. The van der Waals surface area contributed by atoms with E-state index in [1.165, 1.54) is 12.8 Å². The summed E-state index contributed by atoms with van der Waals surface area (Å²) >= 11 is 5.30. The summed E-state index contributed by atoms with van der Waals surface area (Å²) in [5.41, 5.74) is 1.80. The molecule has 0 aromatic heterocycles. The van der Waals surface area contributed by atoms with Crippen LogP contribution < -0.4 is 15.4 Å². The fourth-order valence-electron chi connectivity index (χ4n) is 3.62. The molecule has 1 aliphatic heterocycles. The maximum atomic E-state index is 12.7. The van der Waals surface area contributed by atoms with Crippen LogP contribution in [-0.4, -0.2) is 41.5 Å². The first kappa shape index (κ1) is 23.7. The number of hydrogen-bond acceptors (Lipinski definition) is 4. The number of para-hydroxylation sites is 1. The third-order valence-corrected chi connectivity index (χ3v) is 5.60. The van der Waals surface area contributed by atoms with E-state index >= 15 is 0 Å². The van der Waals surface area contributed by atoms with Gasteiger partial charge in [-0.15, -0.1) is 0 Å². The summed E-state index contributed by atoms with van der Waals surface area (Å²) in [7, 11) is 0. The third kappa shape index (κ3) is 6.79. The van der Waals surface area contributed by atoms with E-state index in [4.69, 9.17) is 17.0 Å². The molecule has 0 aliphatic carbocycles. The Labute approximate surface area is 195 Å². The Balaban J connectivity index is 1.52. The molecule has 6 nitrogen and oxygen atoms in total. The van der Waals surface area contributed by atoms with Gasteiger partial charge in [0.25, 0.3) is 11.8 Å². The molecule has 0 spiro atoms. The number of carbonyl (C=O) groups excluding carboxylic acids is 2. The predicted octanol–water partition coefficient (Wildman–Crippen LogP) is 5.01. The molecule has 170 valence electrons. The summed E-state index contributed by atoms with van der Waals surface area (Å²) in [6, 6.07) is 14.3. The van der Waals surface area contributed by atoms with Crippen LogP contribution in [0.3, 0.4) is 0 Å². The highest BCUT2D eigenvalue weighted by molar-refractivity contribution is 7.80. The van der Waals surface area contributed by atoms with Gasteiger partial charge in [-0.2, -0.15) is 0 Å². The lowest BCUT2D eigenvalue weighted by atomic mass is 10.2. The van der Waals surface area contributed by atoms with Crippen molar-refractivity contribution in [3.63, 3.8) is 0 Å². The summed E-state index contributed by atoms with van der Waals surface area (Å²) in [5, 5.41) is 5.89. The molecule has 32 heavy (non-hydrogen) atoms. The molecule has 2 N–H and O–H groups in total. The molecule has 0 unspecified atom stereocenters. The van der Waals surface area contributed by atoms with Gasteiger partial charge in [-0.1, -0.05) is 38.3 Å². The van der Waals surface area contributed by atoms with Crippen molar-refractivity contribution in [3.8, 4) is 5.75 Å². The smallest absolute Gasteiger partial charge is 0.261 e. The second-order valence-corrected chi connectivity index (χ2v) is 8.30. The molecule has 1 heterocycles. The van der Waals surface area contributed by atoms with Crippen LogP contribution in [0.4, 0.5) is 5.69 Å². The van der Waals surface area contributed by atoms with Crippen LogP contribution in [0.15, 0.2) is 48.5 Å². The number of likely N-dealkylation sites (tertiary alicyclic amines) is 1. The van der Waals surface area contributed by atoms with Gasteiger partial charge in [0.2, 0.25) is 0 Å². The minimum Gasteiger partial charge on any atom is -0.493 e. The van der Waals surface area contributed by atoms with Gasteiger partial charge in [0, 0.05) is 24.3 Å². The van der Waals surface area contributed by atoms with Crippen LogP contribution in [-0.2, 0) is 0 Å². The summed E-state index contributed by atoms with van der Waals surface area (Å²) in [5.74, 6) is 0.276. The lowest BCUT2D eigenvalue weighted by Gasteiger charge is -2.16. The van der Waals surface area contributed by atoms with Crippen LogP contribution in [0.1, 0.15) is 66.2 Å². The Morgan fingerprint density at radius 1 is 1.00 bits per heavy atom. The number of carbonyl (C=O) groups is 2. The van der Waals surface area contributed by atoms with Crippen molar-refractivity contribution in [3.05, 3.63) is 59.7 Å². The second kappa shape index (κ2) is 12.2. The monoisotopic (exact) mass is 453 g/mol. The number of anilines is 1. The molecule has 1 fully saturated rings. The van der Waals surface area contributed by atoms with Gasteiger partial charge in [0.05, 0.1) is 12.2 Å². The molecule has 2 aromatic carbocycles. The zero-order valence-corrected chi connectivity index (χ0v) is 19.4. The Morgan fingerprint density at radius 3 is 2.44 bits per heavy atom. The molecule has 1 saturated heterocycles. The highest BCUT2D eigenvalue weighted by Crippen LogP contribution is 2.19. The Bertz CT molecular complexity index is 924. The van der Waals surface area contributed by atoms with E-state index in [9.17, 15) is 9.59 Å². The number of unbranched alkanes of at least 4 members (excludes halogenated alkanes) is 3. The highest BCUT2D eigenvalue weighted by Gasteiger charge is 2.19. The van der Waals surface area contributed by atoms with Crippen LogP contribution >= 0.6 is 12.2 Å². The SMILES string of the molecule is CCCCCCOc1ccccc1C(=O)NC(=S)Nc1ccc(C(=O)N2CCCC2)cc1. The topological polar surface area (TPSA) is 70.7 Å². The normalized spacial score (nSPS) is 13.0. The van der Waals surface area contributed by atoms with Gasteiger partial charge in [-0.25, -0.2) is 0 Å². The Morgan fingerprint density at radius 2 is 1.72 bits per heavy atom. The minimum absolute atomic E-state index is 0.0521. The quantitative estimate of drug-likeness (QED) is 0.413. The van der Waals surface area contributed by atoms with Gasteiger partial charge < -0.3 is 15.0 Å². The van der Waals surface area contributed by atoms with E-state index in [-0.39, 0.29) is 16.9 Å². The average molecular weight is 454 g/mol. The lowest BCUT2D eigenvalue weighted by Crippen LogP contribution is -2.34. The van der Waals surface area contributed by atoms with Gasteiger partial charge in [0.15, 0.2) is 5.11 Å². The molecule has 7 heteroatoms. The molecule has 0 atom stereocenters. The molecule has 0 radical (unpaired) electrons. The molecule has 1 aliphatic rings. The van der Waals surface area contributed by atoms with Crippen molar-refractivity contribution >= 4 is 34.8 Å². The van der Waals surface area contributed by atoms with Gasteiger partial charge in [0.1, 0.15) is 5.75 Å². The highest BCUT2D eigenvalue weighted by atomic mass is 32.1. The number of hydrogen-bond donors (Lipinski definition) is 2. The first-order valence-corrected chi connectivity index (χ1v) is 11.7. The van der Waals surface area contributed by atoms with Crippen LogP contribution in [0.25, 0.3) is 0 Å². The van der Waals surface area contributed by atoms with Crippen molar-refractivity contribution in [1.29, 1.82) is 0 Å². The second-order valence-electron chi connectivity index (χ2n) is 7.89. The van der Waals surface area contributed by atoms with Crippen LogP contribution in [0.2, 0.25) is 0 Å². The fraction of sp³-hybridized carbons (Fsp3) is 0.400. The van der Waals surface area contributed by atoms with E-state index in [0.29, 0.717) is 29.2 Å². The summed E-state index contributed by atoms with van der Waals surface area (Å²) < 4.78 is 5.82. The summed E-state index contributed by atoms with van der Waals surface area (Å²) in [6.45, 7) is 4.38. The minimum atomic E-state index is -0.326.